The van der Waals surface area contributed by atoms with E-state index in [4.69, 9.17) is 15.5 Å². The first kappa shape index (κ1) is 13.3. The molecule has 1 fully saturated rings. The van der Waals surface area contributed by atoms with Crippen molar-refractivity contribution in [3.05, 3.63) is 0 Å². The molecule has 0 aliphatic heterocycles. The van der Waals surface area contributed by atoms with Gasteiger partial charge in [0.1, 0.15) is 5.60 Å². The molecule has 0 spiro atoms. The minimum absolute atomic E-state index is 0.0276. The Morgan fingerprint density at radius 1 is 1.38 bits per heavy atom. The average Bonchev–Trinajstić information content (AvgIpc) is 2.61. The van der Waals surface area contributed by atoms with Crippen LogP contribution in [0.4, 0.5) is 4.79 Å². The molecule has 94 valence electrons. The maximum Gasteiger partial charge on any atom is 0.410 e. The van der Waals surface area contributed by atoms with Crippen molar-refractivity contribution in [2.45, 2.75) is 57.8 Å². The van der Waals surface area contributed by atoms with Gasteiger partial charge in [0, 0.05) is 7.05 Å². The van der Waals surface area contributed by atoms with Crippen LogP contribution in [-0.4, -0.2) is 35.8 Å². The highest BCUT2D eigenvalue weighted by molar-refractivity contribution is 5.68. The highest BCUT2D eigenvalue weighted by Crippen LogP contribution is 2.26. The van der Waals surface area contributed by atoms with Crippen molar-refractivity contribution in [2.75, 3.05) is 7.05 Å². The summed E-state index contributed by atoms with van der Waals surface area (Å²) in [7, 11) is 1.73. The molecule has 1 amide bonds. The molecule has 1 rings (SSSR count). The highest BCUT2D eigenvalue weighted by Gasteiger charge is 2.35. The zero-order valence-corrected chi connectivity index (χ0v) is 10.5. The first-order chi connectivity index (χ1) is 7.35. The fraction of sp³-hybridized carbons (Fsp3) is 0.909. The predicted molar refractivity (Wildman–Crippen MR) is 60.7 cm³/mol. The van der Waals surface area contributed by atoms with Gasteiger partial charge in [0.05, 0.1) is 12.1 Å². The number of nitrogens with zero attached hydrogens (tertiary/aromatic N) is 1. The fourth-order valence-corrected chi connectivity index (χ4v) is 1.98. The van der Waals surface area contributed by atoms with Gasteiger partial charge in [-0.25, -0.2) is 10.7 Å². The van der Waals surface area contributed by atoms with Gasteiger partial charge in [0.25, 0.3) is 0 Å². The maximum absolute atomic E-state index is 11.8. The fourth-order valence-electron chi connectivity index (χ4n) is 1.98. The summed E-state index contributed by atoms with van der Waals surface area (Å²) in [6.45, 7) is 5.55. The van der Waals surface area contributed by atoms with Crippen molar-refractivity contribution in [1.82, 2.24) is 4.90 Å². The average molecular weight is 230 g/mol. The van der Waals surface area contributed by atoms with E-state index in [0.717, 1.165) is 19.3 Å². The molecule has 1 saturated carbocycles. The van der Waals surface area contributed by atoms with Crippen LogP contribution in [0, 0.1) is 0 Å². The van der Waals surface area contributed by atoms with Crippen molar-refractivity contribution < 1.29 is 14.4 Å². The van der Waals surface area contributed by atoms with E-state index < -0.39 is 5.60 Å². The summed E-state index contributed by atoms with van der Waals surface area (Å²) in [6.07, 6.45) is 2.45. The normalized spacial score (nSPS) is 25.6. The van der Waals surface area contributed by atoms with E-state index in [1.54, 1.807) is 11.9 Å². The van der Waals surface area contributed by atoms with Crippen molar-refractivity contribution in [3.8, 4) is 0 Å². The first-order valence-electron chi connectivity index (χ1n) is 5.66. The molecule has 0 heterocycles. The van der Waals surface area contributed by atoms with Gasteiger partial charge in [-0.2, -0.15) is 0 Å². The monoisotopic (exact) mass is 230 g/mol. The Labute approximate surface area is 96.8 Å². The van der Waals surface area contributed by atoms with Crippen LogP contribution in [0.2, 0.25) is 0 Å². The van der Waals surface area contributed by atoms with Crippen molar-refractivity contribution in [3.63, 3.8) is 0 Å². The predicted octanol–water partition coefficient (Wildman–Crippen LogP) is 1.66. The lowest BCUT2D eigenvalue weighted by Crippen LogP contribution is -2.45. The third kappa shape index (κ3) is 3.35. The third-order valence-electron chi connectivity index (χ3n) is 2.77. The largest absolute Gasteiger partial charge is 0.444 e. The molecule has 1 aliphatic carbocycles. The molecule has 16 heavy (non-hydrogen) atoms. The van der Waals surface area contributed by atoms with Crippen molar-refractivity contribution in [2.24, 2.45) is 5.90 Å². The Hall–Kier alpha value is -0.810. The number of likely N-dealkylation sites (N-methyl/N-ethyl adjacent to an activating group) is 1. The molecule has 5 heteroatoms. The quantitative estimate of drug-likeness (QED) is 0.733. The lowest BCUT2D eigenvalue weighted by molar-refractivity contribution is -0.0143. The summed E-state index contributed by atoms with van der Waals surface area (Å²) in [6, 6.07) is 0.0276. The Balaban J connectivity index is 2.56. The number of hydrogen-bond acceptors (Lipinski definition) is 4. The maximum atomic E-state index is 11.8. The van der Waals surface area contributed by atoms with E-state index in [0.29, 0.717) is 0 Å². The van der Waals surface area contributed by atoms with Crippen LogP contribution in [0.1, 0.15) is 40.0 Å². The van der Waals surface area contributed by atoms with Crippen LogP contribution in [0.25, 0.3) is 0 Å². The van der Waals surface area contributed by atoms with Crippen molar-refractivity contribution in [1.29, 1.82) is 0 Å². The number of ether oxygens (including phenoxy) is 1. The minimum Gasteiger partial charge on any atom is -0.444 e. The standard InChI is InChI=1S/C11H22N2O3/c1-11(2,3)15-10(14)13(4)8-6-5-7-9(8)16-12/h8-9H,5-7,12H2,1-4H3/t8-,9+/m1/s1. The van der Waals surface area contributed by atoms with Crippen molar-refractivity contribution >= 4 is 6.09 Å². The lowest BCUT2D eigenvalue weighted by atomic mass is 10.2. The van der Waals surface area contributed by atoms with Crippen LogP contribution in [0.5, 0.6) is 0 Å². The van der Waals surface area contributed by atoms with E-state index in [2.05, 4.69) is 0 Å². The molecule has 0 aromatic heterocycles. The summed E-state index contributed by atoms with van der Waals surface area (Å²) in [5.74, 6) is 5.21. The van der Waals surface area contributed by atoms with E-state index in [9.17, 15) is 4.79 Å². The summed E-state index contributed by atoms with van der Waals surface area (Å²) in [5, 5.41) is 0. The van der Waals surface area contributed by atoms with Crippen LogP contribution in [0.3, 0.4) is 0 Å². The van der Waals surface area contributed by atoms with Gasteiger partial charge in [-0.1, -0.05) is 0 Å². The molecular formula is C11H22N2O3. The van der Waals surface area contributed by atoms with Gasteiger partial charge >= 0.3 is 6.09 Å². The summed E-state index contributed by atoms with van der Waals surface area (Å²) in [5.41, 5.74) is -0.469. The van der Waals surface area contributed by atoms with Gasteiger partial charge in [0.15, 0.2) is 0 Å². The number of nitrogens with two attached hydrogens (primary N) is 1. The van der Waals surface area contributed by atoms with Gasteiger partial charge in [-0.05, 0) is 40.0 Å². The van der Waals surface area contributed by atoms with E-state index in [-0.39, 0.29) is 18.2 Å². The summed E-state index contributed by atoms with van der Waals surface area (Å²) >= 11 is 0. The molecule has 0 unspecified atom stereocenters. The molecule has 0 radical (unpaired) electrons. The molecule has 5 nitrogen and oxygen atoms in total. The van der Waals surface area contributed by atoms with Gasteiger partial charge in [-0.3, -0.25) is 4.84 Å². The SMILES string of the molecule is CN(C(=O)OC(C)(C)C)[C@@H]1CCC[C@@H]1ON. The molecular weight excluding hydrogens is 208 g/mol. The van der Waals surface area contributed by atoms with Gasteiger partial charge in [-0.15, -0.1) is 0 Å². The Kier molecular flexibility index (Phi) is 4.15. The number of amides is 1. The number of rotatable bonds is 2. The smallest absolute Gasteiger partial charge is 0.410 e. The number of carbonyl (C=O) groups excluding carboxylic acids is 1. The second kappa shape index (κ2) is 5.01. The van der Waals surface area contributed by atoms with Crippen LogP contribution in [-0.2, 0) is 9.57 Å². The van der Waals surface area contributed by atoms with Gasteiger partial charge in [0.2, 0.25) is 0 Å². The Bertz CT molecular complexity index is 250. The zero-order chi connectivity index (χ0) is 12.3. The number of hydrogen-bond donors (Lipinski definition) is 1. The molecule has 2 N–H and O–H groups in total. The lowest BCUT2D eigenvalue weighted by Gasteiger charge is -2.30. The van der Waals surface area contributed by atoms with Crippen LogP contribution in [0.15, 0.2) is 0 Å². The second-order valence-electron chi connectivity index (χ2n) is 5.26. The van der Waals surface area contributed by atoms with E-state index >= 15 is 0 Å². The molecule has 1 aliphatic rings. The second-order valence-corrected chi connectivity index (χ2v) is 5.26. The number of carbonyl (C=O) groups is 1. The minimum atomic E-state index is -0.469. The molecule has 0 saturated heterocycles. The Morgan fingerprint density at radius 2 is 2.00 bits per heavy atom. The summed E-state index contributed by atoms with van der Waals surface area (Å²) < 4.78 is 5.30. The van der Waals surface area contributed by atoms with E-state index in [1.165, 1.54) is 0 Å². The van der Waals surface area contributed by atoms with Crippen LogP contribution < -0.4 is 5.90 Å². The first-order valence-corrected chi connectivity index (χ1v) is 5.66. The molecule has 0 aromatic rings. The van der Waals surface area contributed by atoms with E-state index in [1.807, 2.05) is 20.8 Å². The third-order valence-corrected chi connectivity index (χ3v) is 2.77. The summed E-state index contributed by atoms with van der Waals surface area (Å²) in [4.78, 5) is 18.3. The van der Waals surface area contributed by atoms with Gasteiger partial charge < -0.3 is 9.64 Å². The molecule has 0 aromatic carbocycles. The van der Waals surface area contributed by atoms with Crippen LogP contribution >= 0.6 is 0 Å². The Morgan fingerprint density at radius 3 is 2.50 bits per heavy atom. The topological polar surface area (TPSA) is 64.8 Å². The molecule has 0 bridgehead atoms. The highest BCUT2D eigenvalue weighted by atomic mass is 16.6. The zero-order valence-electron chi connectivity index (χ0n) is 10.5. The molecule has 2 atom stereocenters.